The number of aliphatic hydroxyl groups excluding tert-OH is 1. The molecule has 2 heterocycles. The molecule has 4 rings (SSSR count). The Kier molecular flexibility index (Phi) is 4.48. The van der Waals surface area contributed by atoms with Gasteiger partial charge in [0.1, 0.15) is 17.7 Å². The van der Waals surface area contributed by atoms with Gasteiger partial charge in [0.2, 0.25) is 5.89 Å². The molecule has 27 heavy (non-hydrogen) atoms. The Bertz CT molecular complexity index is 1020. The summed E-state index contributed by atoms with van der Waals surface area (Å²) in [5.74, 6) is 1.30. The SMILES string of the molecule is C[C@@H]([C@H](O)c1ccc(O)cc1)n1ccnc1-c1coc(-c2ccccc2)n1. The summed E-state index contributed by atoms with van der Waals surface area (Å²) in [5, 5.41) is 20.2. The molecule has 6 nitrogen and oxygen atoms in total. The van der Waals surface area contributed by atoms with Gasteiger partial charge in [-0.1, -0.05) is 30.3 Å². The first-order valence-electron chi connectivity index (χ1n) is 8.64. The molecule has 4 aromatic rings. The lowest BCUT2D eigenvalue weighted by molar-refractivity contribution is 0.122. The summed E-state index contributed by atoms with van der Waals surface area (Å²) in [5.41, 5.74) is 2.20. The van der Waals surface area contributed by atoms with E-state index in [1.54, 1.807) is 42.9 Å². The predicted molar refractivity (Wildman–Crippen MR) is 101 cm³/mol. The molecular formula is C21H19N3O3. The largest absolute Gasteiger partial charge is 0.508 e. The van der Waals surface area contributed by atoms with Gasteiger partial charge in [-0.3, -0.25) is 0 Å². The molecule has 2 N–H and O–H groups in total. The second kappa shape index (κ2) is 7.09. The van der Waals surface area contributed by atoms with E-state index in [0.717, 1.165) is 5.56 Å². The van der Waals surface area contributed by atoms with Crippen LogP contribution < -0.4 is 0 Å². The first-order chi connectivity index (χ1) is 13.1. The summed E-state index contributed by atoms with van der Waals surface area (Å²) >= 11 is 0. The van der Waals surface area contributed by atoms with Crippen molar-refractivity contribution in [3.05, 3.63) is 78.8 Å². The van der Waals surface area contributed by atoms with Crippen LogP contribution in [0.2, 0.25) is 0 Å². The lowest BCUT2D eigenvalue weighted by Gasteiger charge is -2.22. The van der Waals surface area contributed by atoms with Crippen LogP contribution in [0, 0.1) is 0 Å². The summed E-state index contributed by atoms with van der Waals surface area (Å²) in [4.78, 5) is 8.94. The zero-order valence-corrected chi connectivity index (χ0v) is 14.7. The smallest absolute Gasteiger partial charge is 0.226 e. The molecular weight excluding hydrogens is 342 g/mol. The van der Waals surface area contributed by atoms with Gasteiger partial charge in [0.25, 0.3) is 0 Å². The number of phenols is 1. The molecule has 0 aliphatic rings. The number of hydrogen-bond acceptors (Lipinski definition) is 5. The van der Waals surface area contributed by atoms with Gasteiger partial charge in [-0.05, 0) is 36.8 Å². The molecule has 0 saturated carbocycles. The average Bonchev–Trinajstić information content (AvgIpc) is 3.37. The van der Waals surface area contributed by atoms with Crippen LogP contribution in [0.4, 0.5) is 0 Å². The maximum Gasteiger partial charge on any atom is 0.226 e. The van der Waals surface area contributed by atoms with Gasteiger partial charge in [-0.2, -0.15) is 0 Å². The standard InChI is InChI=1S/C21H19N3O3/c1-14(19(26)15-7-9-17(25)10-8-15)24-12-11-22-20(24)18-13-27-21(23-18)16-5-3-2-4-6-16/h2-14,19,25-26H,1H3/t14-,19-/m0/s1. The minimum atomic E-state index is -0.765. The number of aliphatic hydroxyl groups is 1. The fourth-order valence-corrected chi connectivity index (χ4v) is 3.03. The second-order valence-electron chi connectivity index (χ2n) is 6.34. The molecule has 0 radical (unpaired) electrons. The predicted octanol–water partition coefficient (Wildman–Crippen LogP) is 4.21. The maximum atomic E-state index is 10.7. The highest BCUT2D eigenvalue weighted by molar-refractivity contribution is 5.58. The van der Waals surface area contributed by atoms with E-state index < -0.39 is 6.10 Å². The van der Waals surface area contributed by atoms with Crippen molar-refractivity contribution in [3.8, 4) is 28.7 Å². The van der Waals surface area contributed by atoms with Crippen LogP contribution in [-0.4, -0.2) is 24.7 Å². The van der Waals surface area contributed by atoms with Crippen molar-refractivity contribution in [1.82, 2.24) is 14.5 Å². The molecule has 0 aliphatic carbocycles. The van der Waals surface area contributed by atoms with Gasteiger partial charge in [0, 0.05) is 18.0 Å². The van der Waals surface area contributed by atoms with E-state index in [1.165, 1.54) is 0 Å². The van der Waals surface area contributed by atoms with Crippen LogP contribution in [0.3, 0.4) is 0 Å². The van der Waals surface area contributed by atoms with E-state index in [9.17, 15) is 10.2 Å². The molecule has 0 bridgehead atoms. The quantitative estimate of drug-likeness (QED) is 0.556. The number of rotatable bonds is 5. The fourth-order valence-electron chi connectivity index (χ4n) is 3.03. The first kappa shape index (κ1) is 17.1. The molecule has 2 aromatic heterocycles. The average molecular weight is 361 g/mol. The van der Waals surface area contributed by atoms with E-state index in [2.05, 4.69) is 9.97 Å². The molecule has 2 atom stereocenters. The topological polar surface area (TPSA) is 84.3 Å². The van der Waals surface area contributed by atoms with Crippen molar-refractivity contribution in [2.75, 3.05) is 0 Å². The highest BCUT2D eigenvalue weighted by Gasteiger charge is 2.22. The fraction of sp³-hybridized carbons (Fsp3) is 0.143. The number of nitrogens with zero attached hydrogens (tertiary/aromatic N) is 3. The van der Waals surface area contributed by atoms with Gasteiger partial charge in [0.15, 0.2) is 5.82 Å². The number of imidazole rings is 1. The molecule has 0 unspecified atom stereocenters. The Morgan fingerprint density at radius 2 is 1.78 bits per heavy atom. The number of aromatic hydroxyl groups is 1. The number of oxazole rings is 1. The Morgan fingerprint density at radius 1 is 1.04 bits per heavy atom. The summed E-state index contributed by atoms with van der Waals surface area (Å²) in [6.07, 6.45) is 4.28. The lowest BCUT2D eigenvalue weighted by Crippen LogP contribution is -2.15. The molecule has 0 amide bonds. The van der Waals surface area contributed by atoms with Crippen molar-refractivity contribution in [1.29, 1.82) is 0 Å². The van der Waals surface area contributed by atoms with Crippen molar-refractivity contribution >= 4 is 0 Å². The zero-order valence-electron chi connectivity index (χ0n) is 14.7. The van der Waals surface area contributed by atoms with Gasteiger partial charge >= 0.3 is 0 Å². The van der Waals surface area contributed by atoms with Gasteiger partial charge in [-0.15, -0.1) is 0 Å². The second-order valence-corrected chi connectivity index (χ2v) is 6.34. The van der Waals surface area contributed by atoms with Crippen LogP contribution in [0.15, 0.2) is 77.7 Å². The van der Waals surface area contributed by atoms with E-state index >= 15 is 0 Å². The molecule has 0 spiro atoms. The Morgan fingerprint density at radius 3 is 2.52 bits per heavy atom. The third kappa shape index (κ3) is 3.35. The first-order valence-corrected chi connectivity index (χ1v) is 8.64. The third-order valence-electron chi connectivity index (χ3n) is 4.55. The minimum absolute atomic E-state index is 0.165. The number of phenolic OH excluding ortho intramolecular Hbond substituents is 1. The van der Waals surface area contributed by atoms with Crippen molar-refractivity contribution in [2.24, 2.45) is 0 Å². The molecule has 0 saturated heterocycles. The van der Waals surface area contributed by atoms with Crippen LogP contribution in [-0.2, 0) is 0 Å². The number of benzene rings is 2. The zero-order chi connectivity index (χ0) is 18.8. The van der Waals surface area contributed by atoms with E-state index in [1.807, 2.05) is 41.8 Å². The van der Waals surface area contributed by atoms with Crippen LogP contribution in [0.25, 0.3) is 23.0 Å². The summed E-state index contributed by atoms with van der Waals surface area (Å²) in [7, 11) is 0. The van der Waals surface area contributed by atoms with Crippen LogP contribution >= 0.6 is 0 Å². The van der Waals surface area contributed by atoms with Crippen molar-refractivity contribution in [3.63, 3.8) is 0 Å². The van der Waals surface area contributed by atoms with E-state index in [0.29, 0.717) is 23.0 Å². The summed E-state index contributed by atoms with van der Waals surface area (Å²) in [6, 6.07) is 15.9. The van der Waals surface area contributed by atoms with Crippen LogP contribution in [0.5, 0.6) is 5.75 Å². The summed E-state index contributed by atoms with van der Waals surface area (Å²) < 4.78 is 7.48. The summed E-state index contributed by atoms with van der Waals surface area (Å²) in [6.45, 7) is 1.90. The monoisotopic (exact) mass is 361 g/mol. The number of hydrogen-bond donors (Lipinski definition) is 2. The van der Waals surface area contributed by atoms with Gasteiger partial charge in [-0.25, -0.2) is 9.97 Å². The Labute approximate surface area is 156 Å². The van der Waals surface area contributed by atoms with E-state index in [4.69, 9.17) is 4.42 Å². The molecule has 2 aromatic carbocycles. The molecule has 0 fully saturated rings. The normalized spacial score (nSPS) is 13.4. The highest BCUT2D eigenvalue weighted by atomic mass is 16.3. The lowest BCUT2D eigenvalue weighted by atomic mass is 10.0. The van der Waals surface area contributed by atoms with Gasteiger partial charge in [0.05, 0.1) is 12.1 Å². The third-order valence-corrected chi connectivity index (χ3v) is 4.55. The Balaban J connectivity index is 1.63. The van der Waals surface area contributed by atoms with Crippen molar-refractivity contribution < 1.29 is 14.6 Å². The van der Waals surface area contributed by atoms with Crippen LogP contribution in [0.1, 0.15) is 24.6 Å². The Hall–Kier alpha value is -3.38. The van der Waals surface area contributed by atoms with E-state index in [-0.39, 0.29) is 11.8 Å². The molecule has 136 valence electrons. The highest BCUT2D eigenvalue weighted by Crippen LogP contribution is 2.31. The molecule has 0 aliphatic heterocycles. The molecule has 6 heteroatoms. The number of aromatic nitrogens is 3. The van der Waals surface area contributed by atoms with Gasteiger partial charge < -0.3 is 19.2 Å². The maximum absolute atomic E-state index is 10.7. The minimum Gasteiger partial charge on any atom is -0.508 e. The van der Waals surface area contributed by atoms with Crippen molar-refractivity contribution in [2.45, 2.75) is 19.1 Å².